The zero-order valence-corrected chi connectivity index (χ0v) is 11.6. The van der Waals surface area contributed by atoms with Crippen molar-refractivity contribution in [3.05, 3.63) is 22.4 Å². The third-order valence-corrected chi connectivity index (χ3v) is 4.22. The molecule has 0 aliphatic rings. The summed E-state index contributed by atoms with van der Waals surface area (Å²) in [6.07, 6.45) is 1.29. The van der Waals surface area contributed by atoms with Gasteiger partial charge in [-0.2, -0.15) is 0 Å². The summed E-state index contributed by atoms with van der Waals surface area (Å²) in [5.74, 6) is 1.49. The first kappa shape index (κ1) is 14.5. The minimum atomic E-state index is -0.278. The van der Waals surface area contributed by atoms with Gasteiger partial charge in [0.25, 0.3) is 0 Å². The van der Waals surface area contributed by atoms with Crippen molar-refractivity contribution in [2.24, 2.45) is 0 Å². The number of hydrogen-bond acceptors (Lipinski definition) is 4. The fourth-order valence-electron chi connectivity index (χ4n) is 1.32. The van der Waals surface area contributed by atoms with Crippen LogP contribution in [0.25, 0.3) is 0 Å². The van der Waals surface area contributed by atoms with E-state index in [1.54, 1.807) is 30.0 Å². The lowest BCUT2D eigenvalue weighted by molar-refractivity contribution is -0.118. The highest BCUT2D eigenvalue weighted by Crippen LogP contribution is 2.16. The van der Waals surface area contributed by atoms with Crippen LogP contribution in [0.2, 0.25) is 0 Å². The Kier molecular flexibility index (Phi) is 7.32. The molecular formula is C12H19NO2S2. The SMILES string of the molecule is CC(O)CCCNC(=O)CSCc1cccs1. The van der Waals surface area contributed by atoms with Crippen LogP contribution in [0.15, 0.2) is 17.5 Å². The molecule has 0 spiro atoms. The summed E-state index contributed by atoms with van der Waals surface area (Å²) < 4.78 is 0. The Morgan fingerprint density at radius 1 is 1.65 bits per heavy atom. The standard InChI is InChI=1S/C12H19NO2S2/c1-10(14)4-2-6-13-12(15)9-16-8-11-5-3-7-17-11/h3,5,7,10,14H,2,4,6,8-9H2,1H3,(H,13,15). The summed E-state index contributed by atoms with van der Waals surface area (Å²) in [7, 11) is 0. The first-order chi connectivity index (χ1) is 8.18. The Labute approximate surface area is 111 Å². The number of carbonyl (C=O) groups is 1. The van der Waals surface area contributed by atoms with Gasteiger partial charge in [0.2, 0.25) is 5.91 Å². The van der Waals surface area contributed by atoms with Crippen LogP contribution in [-0.2, 0) is 10.5 Å². The van der Waals surface area contributed by atoms with Crippen LogP contribution < -0.4 is 5.32 Å². The van der Waals surface area contributed by atoms with Gasteiger partial charge in [-0.25, -0.2) is 0 Å². The number of hydrogen-bond donors (Lipinski definition) is 2. The third kappa shape index (κ3) is 7.41. The van der Waals surface area contributed by atoms with E-state index in [4.69, 9.17) is 5.11 Å². The highest BCUT2D eigenvalue weighted by atomic mass is 32.2. The van der Waals surface area contributed by atoms with Gasteiger partial charge in [0.1, 0.15) is 0 Å². The number of aliphatic hydroxyl groups excluding tert-OH is 1. The molecule has 1 aromatic heterocycles. The number of nitrogens with one attached hydrogen (secondary N) is 1. The summed E-state index contributed by atoms with van der Waals surface area (Å²) in [6.45, 7) is 2.42. The molecule has 3 nitrogen and oxygen atoms in total. The molecule has 17 heavy (non-hydrogen) atoms. The van der Waals surface area contributed by atoms with Crippen molar-refractivity contribution in [3.8, 4) is 0 Å². The van der Waals surface area contributed by atoms with E-state index in [9.17, 15) is 4.79 Å². The number of carbonyl (C=O) groups excluding carboxylic acids is 1. The smallest absolute Gasteiger partial charge is 0.230 e. The van der Waals surface area contributed by atoms with Crippen molar-refractivity contribution in [1.82, 2.24) is 5.32 Å². The maximum Gasteiger partial charge on any atom is 0.230 e. The molecule has 0 bridgehead atoms. The van der Waals surface area contributed by atoms with Crippen LogP contribution in [0, 0.1) is 0 Å². The fourth-order valence-corrected chi connectivity index (χ4v) is 3.01. The van der Waals surface area contributed by atoms with Gasteiger partial charge in [-0.05, 0) is 31.2 Å². The molecule has 0 aliphatic carbocycles. The van der Waals surface area contributed by atoms with Crippen molar-refractivity contribution in [2.75, 3.05) is 12.3 Å². The Morgan fingerprint density at radius 2 is 2.47 bits per heavy atom. The normalized spacial score (nSPS) is 12.4. The first-order valence-corrected chi connectivity index (χ1v) is 7.77. The van der Waals surface area contributed by atoms with Crippen molar-refractivity contribution in [3.63, 3.8) is 0 Å². The summed E-state index contributed by atoms with van der Waals surface area (Å²) in [5, 5.41) is 13.9. The van der Waals surface area contributed by atoms with Crippen molar-refractivity contribution < 1.29 is 9.90 Å². The summed E-state index contributed by atoms with van der Waals surface area (Å²) in [4.78, 5) is 12.7. The molecule has 0 saturated carbocycles. The highest BCUT2D eigenvalue weighted by molar-refractivity contribution is 7.99. The second kappa shape index (κ2) is 8.55. The molecule has 0 aromatic carbocycles. The van der Waals surface area contributed by atoms with Crippen LogP contribution >= 0.6 is 23.1 Å². The Morgan fingerprint density at radius 3 is 3.12 bits per heavy atom. The molecule has 1 aromatic rings. The van der Waals surface area contributed by atoms with Crippen LogP contribution in [0.1, 0.15) is 24.6 Å². The molecule has 0 saturated heterocycles. The Bertz CT molecular complexity index is 312. The van der Waals surface area contributed by atoms with Crippen molar-refractivity contribution in [1.29, 1.82) is 0 Å². The molecule has 96 valence electrons. The topological polar surface area (TPSA) is 49.3 Å². The lowest BCUT2D eigenvalue weighted by Crippen LogP contribution is -2.26. The maximum absolute atomic E-state index is 11.4. The number of thiophene rings is 1. The molecule has 1 atom stereocenters. The number of aliphatic hydroxyl groups is 1. The Balaban J connectivity index is 1.98. The van der Waals surface area contributed by atoms with E-state index >= 15 is 0 Å². The van der Waals surface area contributed by atoms with Gasteiger partial charge in [0.15, 0.2) is 0 Å². The monoisotopic (exact) mass is 273 g/mol. The van der Waals surface area contributed by atoms with E-state index in [1.165, 1.54) is 4.88 Å². The summed E-state index contributed by atoms with van der Waals surface area (Å²) >= 11 is 3.35. The molecule has 1 unspecified atom stereocenters. The number of thioether (sulfide) groups is 1. The fraction of sp³-hybridized carbons (Fsp3) is 0.583. The van der Waals surface area contributed by atoms with Gasteiger partial charge in [-0.15, -0.1) is 23.1 Å². The quantitative estimate of drug-likeness (QED) is 0.714. The molecular weight excluding hydrogens is 254 g/mol. The molecule has 1 heterocycles. The van der Waals surface area contributed by atoms with E-state index in [1.807, 2.05) is 11.4 Å². The van der Waals surface area contributed by atoms with Crippen LogP contribution in [0.3, 0.4) is 0 Å². The molecule has 5 heteroatoms. The first-order valence-electron chi connectivity index (χ1n) is 5.73. The second-order valence-corrected chi connectivity index (χ2v) is 5.93. The van der Waals surface area contributed by atoms with Crippen LogP contribution in [0.5, 0.6) is 0 Å². The van der Waals surface area contributed by atoms with Gasteiger partial charge in [-0.3, -0.25) is 4.79 Å². The second-order valence-electron chi connectivity index (χ2n) is 3.91. The van der Waals surface area contributed by atoms with Gasteiger partial charge in [-0.1, -0.05) is 6.07 Å². The minimum Gasteiger partial charge on any atom is -0.393 e. The molecule has 1 rings (SSSR count). The molecule has 0 aliphatic heterocycles. The molecule has 2 N–H and O–H groups in total. The van der Waals surface area contributed by atoms with Gasteiger partial charge in [0.05, 0.1) is 11.9 Å². The third-order valence-electron chi connectivity index (χ3n) is 2.18. The van der Waals surface area contributed by atoms with Crippen LogP contribution in [0.4, 0.5) is 0 Å². The zero-order valence-electron chi connectivity index (χ0n) is 10.0. The van der Waals surface area contributed by atoms with Gasteiger partial charge >= 0.3 is 0 Å². The summed E-state index contributed by atoms with van der Waals surface area (Å²) in [5.41, 5.74) is 0. The summed E-state index contributed by atoms with van der Waals surface area (Å²) in [6, 6.07) is 4.11. The molecule has 1 amide bonds. The zero-order chi connectivity index (χ0) is 12.5. The maximum atomic E-state index is 11.4. The lowest BCUT2D eigenvalue weighted by atomic mass is 10.2. The van der Waals surface area contributed by atoms with E-state index < -0.39 is 0 Å². The Hall–Kier alpha value is -0.520. The van der Waals surface area contributed by atoms with Gasteiger partial charge in [0, 0.05) is 17.2 Å². The lowest BCUT2D eigenvalue weighted by Gasteiger charge is -2.06. The number of rotatable bonds is 8. The molecule has 0 radical (unpaired) electrons. The number of amides is 1. The van der Waals surface area contributed by atoms with Crippen LogP contribution in [-0.4, -0.2) is 29.4 Å². The average molecular weight is 273 g/mol. The average Bonchev–Trinajstić information content (AvgIpc) is 2.77. The molecule has 0 fully saturated rings. The largest absolute Gasteiger partial charge is 0.393 e. The predicted molar refractivity (Wildman–Crippen MR) is 74.4 cm³/mol. The predicted octanol–water partition coefficient (Wildman–Crippen LogP) is 2.26. The van der Waals surface area contributed by atoms with Crippen molar-refractivity contribution in [2.45, 2.75) is 31.6 Å². The van der Waals surface area contributed by atoms with E-state index in [0.29, 0.717) is 12.3 Å². The van der Waals surface area contributed by atoms with E-state index in [0.717, 1.165) is 18.6 Å². The minimum absolute atomic E-state index is 0.0807. The van der Waals surface area contributed by atoms with Gasteiger partial charge < -0.3 is 10.4 Å². The highest BCUT2D eigenvalue weighted by Gasteiger charge is 2.02. The van der Waals surface area contributed by atoms with E-state index in [-0.39, 0.29) is 12.0 Å². The van der Waals surface area contributed by atoms with E-state index in [2.05, 4.69) is 11.4 Å². The van der Waals surface area contributed by atoms with Crippen molar-refractivity contribution >= 4 is 29.0 Å².